The third-order valence-electron chi connectivity index (χ3n) is 2.31. The number of nitrogens with two attached hydrogens (primary N) is 1. The predicted molar refractivity (Wildman–Crippen MR) is 41.9 cm³/mol. The van der Waals surface area contributed by atoms with Crippen LogP contribution in [0.25, 0.3) is 0 Å². The Balaban J connectivity index is 2.18. The second-order valence-corrected chi connectivity index (χ2v) is 3.34. The molecule has 0 aliphatic heterocycles. The van der Waals surface area contributed by atoms with Crippen molar-refractivity contribution in [2.45, 2.75) is 31.6 Å². The number of alkyl halides is 2. The number of hydrogen-bond acceptors (Lipinski definition) is 2. The Kier molecular flexibility index (Phi) is 3.40. The average Bonchev–Trinajstić information content (AvgIpc) is 2.03. The zero-order chi connectivity index (χ0) is 9.03. The molecule has 0 saturated heterocycles. The predicted octanol–water partition coefficient (Wildman–Crippen LogP) is 1.74. The van der Waals surface area contributed by atoms with Crippen molar-refractivity contribution in [2.24, 2.45) is 11.7 Å². The van der Waals surface area contributed by atoms with E-state index in [-0.39, 0.29) is 25.5 Å². The van der Waals surface area contributed by atoms with Gasteiger partial charge in [0.2, 0.25) is 5.92 Å². The maximum atomic E-state index is 12.6. The van der Waals surface area contributed by atoms with Gasteiger partial charge in [0.05, 0.1) is 13.3 Å². The van der Waals surface area contributed by atoms with Gasteiger partial charge in [-0.1, -0.05) is 0 Å². The molecule has 4 heteroatoms. The summed E-state index contributed by atoms with van der Waals surface area (Å²) < 4.78 is 30.2. The fourth-order valence-corrected chi connectivity index (χ4v) is 1.50. The van der Waals surface area contributed by atoms with E-state index < -0.39 is 5.92 Å². The molecule has 0 aromatic heterocycles. The molecule has 0 heterocycles. The Hall–Kier alpha value is -0.220. The van der Waals surface area contributed by atoms with Gasteiger partial charge in [0, 0.05) is 12.8 Å². The van der Waals surface area contributed by atoms with Crippen LogP contribution in [0.15, 0.2) is 0 Å². The lowest BCUT2D eigenvalue weighted by Gasteiger charge is -2.27. The molecule has 1 fully saturated rings. The Morgan fingerprint density at radius 1 is 1.33 bits per heavy atom. The summed E-state index contributed by atoms with van der Waals surface area (Å²) in [6, 6.07) is 0. The van der Waals surface area contributed by atoms with Crippen LogP contribution in [-0.2, 0) is 4.74 Å². The number of ether oxygens (including phenoxy) is 1. The molecule has 0 atom stereocenters. The van der Waals surface area contributed by atoms with Gasteiger partial charge in [-0.2, -0.15) is 0 Å². The van der Waals surface area contributed by atoms with E-state index in [9.17, 15) is 8.78 Å². The molecule has 1 aliphatic carbocycles. The molecule has 0 unspecified atom stereocenters. The topological polar surface area (TPSA) is 35.2 Å². The number of rotatable bonds is 3. The fourth-order valence-electron chi connectivity index (χ4n) is 1.50. The molecule has 72 valence electrons. The van der Waals surface area contributed by atoms with Gasteiger partial charge in [-0.25, -0.2) is 8.78 Å². The Morgan fingerprint density at radius 2 is 1.92 bits per heavy atom. The van der Waals surface area contributed by atoms with Crippen molar-refractivity contribution in [1.82, 2.24) is 0 Å². The second kappa shape index (κ2) is 4.14. The van der Waals surface area contributed by atoms with Crippen molar-refractivity contribution in [2.75, 3.05) is 13.3 Å². The third kappa shape index (κ3) is 3.03. The lowest BCUT2D eigenvalue weighted by atomic mass is 9.87. The first-order valence-corrected chi connectivity index (χ1v) is 4.30. The lowest BCUT2D eigenvalue weighted by Crippen LogP contribution is -2.27. The van der Waals surface area contributed by atoms with Crippen LogP contribution in [-0.4, -0.2) is 19.3 Å². The van der Waals surface area contributed by atoms with Crippen LogP contribution >= 0.6 is 0 Å². The first-order chi connectivity index (χ1) is 5.64. The molecular weight excluding hydrogens is 164 g/mol. The molecule has 1 saturated carbocycles. The molecule has 0 spiro atoms. The van der Waals surface area contributed by atoms with E-state index >= 15 is 0 Å². The van der Waals surface area contributed by atoms with Gasteiger partial charge in [0.1, 0.15) is 0 Å². The maximum absolute atomic E-state index is 12.6. The normalized spacial score (nSPS) is 24.2. The smallest absolute Gasteiger partial charge is 0.248 e. The van der Waals surface area contributed by atoms with Crippen LogP contribution in [0, 0.1) is 5.92 Å². The molecule has 1 rings (SSSR count). The van der Waals surface area contributed by atoms with Crippen molar-refractivity contribution in [3.05, 3.63) is 0 Å². The van der Waals surface area contributed by atoms with Crippen molar-refractivity contribution in [3.63, 3.8) is 0 Å². The average molecular weight is 179 g/mol. The van der Waals surface area contributed by atoms with E-state index in [1.165, 1.54) is 0 Å². The molecule has 2 N–H and O–H groups in total. The zero-order valence-electron chi connectivity index (χ0n) is 7.06. The molecular formula is C8H15F2NO. The van der Waals surface area contributed by atoms with Gasteiger partial charge >= 0.3 is 0 Å². The largest absolute Gasteiger partial charge is 0.366 e. The second-order valence-electron chi connectivity index (χ2n) is 3.34. The van der Waals surface area contributed by atoms with E-state index in [4.69, 9.17) is 10.5 Å². The summed E-state index contributed by atoms with van der Waals surface area (Å²) >= 11 is 0. The highest BCUT2D eigenvalue weighted by Crippen LogP contribution is 2.35. The first-order valence-electron chi connectivity index (χ1n) is 4.30. The summed E-state index contributed by atoms with van der Waals surface area (Å²) in [6.07, 6.45) is 1.14. The third-order valence-corrected chi connectivity index (χ3v) is 2.31. The van der Waals surface area contributed by atoms with Crippen molar-refractivity contribution in [3.8, 4) is 0 Å². The fraction of sp³-hybridized carbons (Fsp3) is 1.00. The Labute approximate surface area is 71.1 Å². The lowest BCUT2D eigenvalue weighted by molar-refractivity contribution is -0.0555. The summed E-state index contributed by atoms with van der Waals surface area (Å²) in [4.78, 5) is 0. The summed E-state index contributed by atoms with van der Waals surface area (Å²) in [6.45, 7) is 0.722. The van der Waals surface area contributed by atoms with Crippen LogP contribution in [0.2, 0.25) is 0 Å². The van der Waals surface area contributed by atoms with Crippen LogP contribution < -0.4 is 5.73 Å². The van der Waals surface area contributed by atoms with Crippen LogP contribution in [0.4, 0.5) is 8.78 Å². The van der Waals surface area contributed by atoms with Gasteiger partial charge in [-0.3, -0.25) is 0 Å². The molecule has 0 bridgehead atoms. The van der Waals surface area contributed by atoms with Gasteiger partial charge in [-0.05, 0) is 18.8 Å². The minimum absolute atomic E-state index is 0.00555. The van der Waals surface area contributed by atoms with Gasteiger partial charge in [0.15, 0.2) is 0 Å². The van der Waals surface area contributed by atoms with Crippen LogP contribution in [0.5, 0.6) is 0 Å². The van der Waals surface area contributed by atoms with Crippen LogP contribution in [0.1, 0.15) is 25.7 Å². The van der Waals surface area contributed by atoms with Crippen molar-refractivity contribution in [1.29, 1.82) is 0 Å². The molecule has 12 heavy (non-hydrogen) atoms. The molecule has 0 aromatic rings. The van der Waals surface area contributed by atoms with Crippen molar-refractivity contribution < 1.29 is 13.5 Å². The molecule has 1 aliphatic rings. The summed E-state index contributed by atoms with van der Waals surface area (Å²) in [7, 11) is 0. The van der Waals surface area contributed by atoms with Crippen molar-refractivity contribution >= 4 is 0 Å². The van der Waals surface area contributed by atoms with E-state index in [0.29, 0.717) is 19.4 Å². The number of halogens is 2. The highest BCUT2D eigenvalue weighted by Gasteiger charge is 2.34. The molecule has 2 nitrogen and oxygen atoms in total. The maximum Gasteiger partial charge on any atom is 0.248 e. The summed E-state index contributed by atoms with van der Waals surface area (Å²) in [5.74, 6) is -2.15. The van der Waals surface area contributed by atoms with E-state index in [2.05, 4.69) is 0 Å². The highest BCUT2D eigenvalue weighted by atomic mass is 19.3. The molecule has 0 amide bonds. The van der Waals surface area contributed by atoms with Gasteiger partial charge in [-0.15, -0.1) is 0 Å². The minimum atomic E-state index is -2.43. The highest BCUT2D eigenvalue weighted by molar-refractivity contribution is 4.77. The summed E-state index contributed by atoms with van der Waals surface area (Å²) in [5, 5.41) is 0. The Bertz CT molecular complexity index is 131. The zero-order valence-corrected chi connectivity index (χ0v) is 7.06. The quantitative estimate of drug-likeness (QED) is 0.670. The summed E-state index contributed by atoms with van der Waals surface area (Å²) in [5.41, 5.74) is 5.13. The monoisotopic (exact) mass is 179 g/mol. The van der Waals surface area contributed by atoms with Crippen LogP contribution in [0.3, 0.4) is 0 Å². The SMILES string of the molecule is NCOCC1CCC(F)(F)CC1. The number of hydrogen-bond donors (Lipinski definition) is 1. The molecule has 0 radical (unpaired) electrons. The minimum Gasteiger partial charge on any atom is -0.366 e. The Morgan fingerprint density at radius 3 is 2.42 bits per heavy atom. The van der Waals surface area contributed by atoms with E-state index in [0.717, 1.165) is 0 Å². The standard InChI is InChI=1S/C8H15F2NO/c9-8(10)3-1-7(2-4-8)5-12-6-11/h7H,1-6,11H2. The molecule has 0 aromatic carbocycles. The first kappa shape index (κ1) is 9.86. The van der Waals surface area contributed by atoms with Gasteiger partial charge in [0.25, 0.3) is 0 Å². The van der Waals surface area contributed by atoms with Gasteiger partial charge < -0.3 is 10.5 Å². The van der Waals surface area contributed by atoms with E-state index in [1.54, 1.807) is 0 Å². The van der Waals surface area contributed by atoms with E-state index in [1.807, 2.05) is 0 Å².